The number of ether oxygens (including phenoxy) is 1. The van der Waals surface area contributed by atoms with Gasteiger partial charge in [-0.15, -0.1) is 0 Å². The molecule has 0 saturated carbocycles. The van der Waals surface area contributed by atoms with Gasteiger partial charge in [-0.3, -0.25) is 14.9 Å². The fourth-order valence-corrected chi connectivity index (χ4v) is 3.41. The second kappa shape index (κ2) is 10.5. The van der Waals surface area contributed by atoms with Crippen molar-refractivity contribution in [1.29, 1.82) is 5.26 Å². The molecule has 35 heavy (non-hydrogen) atoms. The van der Waals surface area contributed by atoms with Crippen LogP contribution in [0, 0.1) is 21.4 Å². The maximum atomic E-state index is 12.9. The number of hydrogen-bond donors (Lipinski definition) is 1. The van der Waals surface area contributed by atoms with Crippen LogP contribution in [-0.2, 0) is 11.0 Å². The van der Waals surface area contributed by atoms with Crippen molar-refractivity contribution < 1.29 is 27.6 Å². The summed E-state index contributed by atoms with van der Waals surface area (Å²) in [6.45, 7) is 0. The molecule has 0 aliphatic heterocycles. The average molecular weight is 522 g/mol. The summed E-state index contributed by atoms with van der Waals surface area (Å²) in [4.78, 5) is 22.6. The minimum absolute atomic E-state index is 0.168. The molecule has 0 fully saturated rings. The van der Waals surface area contributed by atoms with Crippen molar-refractivity contribution in [2.45, 2.75) is 6.18 Å². The van der Waals surface area contributed by atoms with Crippen LogP contribution < -0.4 is 10.1 Å². The molecule has 3 aromatic carbocycles. The molecule has 0 aliphatic rings. The van der Waals surface area contributed by atoms with Crippen LogP contribution in [-0.4, -0.2) is 10.8 Å². The molecule has 7 nitrogen and oxygen atoms in total. The van der Waals surface area contributed by atoms with Crippen molar-refractivity contribution in [3.05, 3.63) is 97.5 Å². The first-order valence-electron chi connectivity index (χ1n) is 9.50. The fourth-order valence-electron chi connectivity index (χ4n) is 2.83. The number of nitrogens with one attached hydrogen (secondary N) is 1. The number of nitro benzene ring substituents is 1. The predicted octanol–water partition coefficient (Wildman–Crippen LogP) is 7.26. The lowest BCUT2D eigenvalue weighted by molar-refractivity contribution is -0.385. The smallest absolute Gasteiger partial charge is 0.416 e. The highest BCUT2D eigenvalue weighted by molar-refractivity contribution is 6.37. The lowest BCUT2D eigenvalue weighted by Crippen LogP contribution is -2.13. The van der Waals surface area contributed by atoms with Crippen LogP contribution in [0.2, 0.25) is 10.0 Å². The van der Waals surface area contributed by atoms with Gasteiger partial charge in [0.2, 0.25) is 5.75 Å². The summed E-state index contributed by atoms with van der Waals surface area (Å²) in [5.74, 6) is -1.47. The van der Waals surface area contributed by atoms with Gasteiger partial charge < -0.3 is 10.1 Å². The van der Waals surface area contributed by atoms with Crippen LogP contribution >= 0.6 is 23.2 Å². The summed E-state index contributed by atoms with van der Waals surface area (Å²) in [6, 6.07) is 14.5. The Balaban J connectivity index is 1.91. The molecule has 3 rings (SSSR count). The molecular weight excluding hydrogens is 510 g/mol. The van der Waals surface area contributed by atoms with E-state index in [2.05, 4.69) is 5.32 Å². The Morgan fingerprint density at radius 2 is 1.71 bits per heavy atom. The summed E-state index contributed by atoms with van der Waals surface area (Å²) in [5.41, 5.74) is -1.74. The van der Waals surface area contributed by atoms with Gasteiger partial charge >= 0.3 is 11.9 Å². The number of rotatable bonds is 6. The van der Waals surface area contributed by atoms with Gasteiger partial charge in [0.05, 0.1) is 20.5 Å². The Hall–Kier alpha value is -4.07. The first-order valence-corrected chi connectivity index (χ1v) is 10.3. The molecule has 0 unspecified atom stereocenters. The van der Waals surface area contributed by atoms with Crippen molar-refractivity contribution in [2.24, 2.45) is 0 Å². The first kappa shape index (κ1) is 25.6. The van der Waals surface area contributed by atoms with E-state index in [-0.39, 0.29) is 26.9 Å². The van der Waals surface area contributed by atoms with E-state index in [1.54, 1.807) is 36.4 Å². The largest absolute Gasteiger partial charge is 0.447 e. The third kappa shape index (κ3) is 6.29. The van der Waals surface area contributed by atoms with Crippen molar-refractivity contribution in [3.63, 3.8) is 0 Å². The number of para-hydroxylation sites is 1. The Labute approximate surface area is 206 Å². The SMILES string of the molecule is N#C/C(=C\c1cc(Cl)c(Oc2ccc(C(F)(F)F)cc2[N+](=O)[O-])c(Cl)c1)C(=O)Nc1ccccc1. The number of nitriles is 1. The van der Waals surface area contributed by atoms with Crippen LogP contribution in [0.5, 0.6) is 11.5 Å². The molecule has 12 heteroatoms. The topological polar surface area (TPSA) is 105 Å². The van der Waals surface area contributed by atoms with Gasteiger partial charge in [-0.2, -0.15) is 18.4 Å². The fraction of sp³-hybridized carbons (Fsp3) is 0.0435. The van der Waals surface area contributed by atoms with Crippen molar-refractivity contribution >= 4 is 46.6 Å². The molecule has 0 saturated heterocycles. The maximum absolute atomic E-state index is 12.9. The molecule has 0 bridgehead atoms. The van der Waals surface area contributed by atoms with Gasteiger partial charge in [0, 0.05) is 11.8 Å². The molecule has 178 valence electrons. The van der Waals surface area contributed by atoms with E-state index in [4.69, 9.17) is 27.9 Å². The predicted molar refractivity (Wildman–Crippen MR) is 123 cm³/mol. The van der Waals surface area contributed by atoms with E-state index in [0.29, 0.717) is 17.8 Å². The van der Waals surface area contributed by atoms with Crippen LogP contribution in [0.4, 0.5) is 24.5 Å². The summed E-state index contributed by atoms with van der Waals surface area (Å²) in [6.07, 6.45) is -3.59. The van der Waals surface area contributed by atoms with E-state index in [0.717, 1.165) is 6.07 Å². The number of nitrogens with zero attached hydrogens (tertiary/aromatic N) is 2. The number of alkyl halides is 3. The van der Waals surface area contributed by atoms with Crippen LogP contribution in [0.1, 0.15) is 11.1 Å². The molecule has 0 radical (unpaired) electrons. The minimum Gasteiger partial charge on any atom is -0.447 e. The lowest BCUT2D eigenvalue weighted by Gasteiger charge is -2.12. The van der Waals surface area contributed by atoms with Crippen molar-refractivity contribution in [1.82, 2.24) is 0 Å². The van der Waals surface area contributed by atoms with E-state index in [1.165, 1.54) is 18.2 Å². The van der Waals surface area contributed by atoms with E-state index in [9.17, 15) is 33.3 Å². The Kier molecular flexibility index (Phi) is 7.64. The van der Waals surface area contributed by atoms with Crippen LogP contribution in [0.25, 0.3) is 6.08 Å². The molecular formula is C23H12Cl2F3N3O4. The monoisotopic (exact) mass is 521 g/mol. The Bertz CT molecular complexity index is 1350. The maximum Gasteiger partial charge on any atom is 0.416 e. The summed E-state index contributed by atoms with van der Waals surface area (Å²) in [5, 5.41) is 22.9. The van der Waals surface area contributed by atoms with Crippen molar-refractivity contribution in [3.8, 4) is 17.6 Å². The highest BCUT2D eigenvalue weighted by atomic mass is 35.5. The molecule has 3 aromatic rings. The zero-order chi connectivity index (χ0) is 25.8. The number of nitro groups is 1. The average Bonchev–Trinajstić information content (AvgIpc) is 2.79. The number of halogens is 5. The summed E-state index contributed by atoms with van der Waals surface area (Å²) in [7, 11) is 0. The zero-order valence-electron chi connectivity index (χ0n) is 17.3. The van der Waals surface area contributed by atoms with Crippen LogP contribution in [0.3, 0.4) is 0 Å². The standard InChI is InChI=1S/C23H12Cl2F3N3O4/c24-17-9-13(8-14(12-29)22(32)30-16-4-2-1-3-5-16)10-18(25)21(17)35-20-7-6-15(23(26,27)28)11-19(20)31(33)34/h1-11H,(H,30,32)/b14-8+. The van der Waals surface area contributed by atoms with Gasteiger partial charge in [-0.05, 0) is 48.0 Å². The Morgan fingerprint density at radius 3 is 2.26 bits per heavy atom. The third-order valence-electron chi connectivity index (χ3n) is 4.42. The molecule has 1 N–H and O–H groups in total. The van der Waals surface area contributed by atoms with E-state index < -0.39 is 34.0 Å². The highest BCUT2D eigenvalue weighted by Gasteiger charge is 2.33. The van der Waals surface area contributed by atoms with E-state index in [1.807, 2.05) is 0 Å². The van der Waals surface area contributed by atoms with Gasteiger partial charge in [0.1, 0.15) is 11.6 Å². The molecule has 0 spiro atoms. The number of anilines is 1. The van der Waals surface area contributed by atoms with Gasteiger partial charge in [0.25, 0.3) is 5.91 Å². The molecule has 0 aromatic heterocycles. The number of hydrogen-bond acceptors (Lipinski definition) is 5. The number of amides is 1. The zero-order valence-corrected chi connectivity index (χ0v) is 18.8. The number of carbonyl (C=O) groups excluding carboxylic acids is 1. The minimum atomic E-state index is -4.79. The Morgan fingerprint density at radius 1 is 1.09 bits per heavy atom. The van der Waals surface area contributed by atoms with E-state index >= 15 is 0 Å². The molecule has 0 heterocycles. The second-order valence-electron chi connectivity index (χ2n) is 6.84. The first-order chi connectivity index (χ1) is 16.5. The lowest BCUT2D eigenvalue weighted by atomic mass is 10.1. The van der Waals surface area contributed by atoms with Gasteiger partial charge in [0.15, 0.2) is 5.75 Å². The normalized spacial score (nSPS) is 11.5. The molecule has 0 aliphatic carbocycles. The van der Waals surface area contributed by atoms with Crippen molar-refractivity contribution in [2.75, 3.05) is 5.32 Å². The summed E-state index contributed by atoms with van der Waals surface area (Å²) < 4.78 is 44.1. The van der Waals surface area contributed by atoms with Gasteiger partial charge in [-0.1, -0.05) is 41.4 Å². The number of carbonyl (C=O) groups is 1. The molecule has 0 atom stereocenters. The molecule has 1 amide bonds. The highest BCUT2D eigenvalue weighted by Crippen LogP contribution is 2.42. The number of benzene rings is 3. The van der Waals surface area contributed by atoms with Crippen LogP contribution in [0.15, 0.2) is 66.2 Å². The quantitative estimate of drug-likeness (QED) is 0.159. The second-order valence-corrected chi connectivity index (χ2v) is 7.66. The third-order valence-corrected chi connectivity index (χ3v) is 4.98. The van der Waals surface area contributed by atoms with Gasteiger partial charge in [-0.25, -0.2) is 0 Å². The summed E-state index contributed by atoms with van der Waals surface area (Å²) >= 11 is 12.4.